The first-order valence-corrected chi connectivity index (χ1v) is 7.81. The van der Waals surface area contributed by atoms with Gasteiger partial charge in [0.25, 0.3) is 0 Å². The SMILES string of the molecule is COc1cc2ncc(-c3nc(Br)c(F)cc3F)n2cc1C(C)(C)O. The molecule has 126 valence electrons. The predicted molar refractivity (Wildman–Crippen MR) is 87.8 cm³/mol. The zero-order chi connectivity index (χ0) is 17.6. The number of pyridine rings is 2. The Bertz CT molecular complexity index is 935. The fourth-order valence-electron chi connectivity index (χ4n) is 2.43. The van der Waals surface area contributed by atoms with E-state index in [1.54, 1.807) is 30.5 Å². The first kappa shape index (κ1) is 16.8. The summed E-state index contributed by atoms with van der Waals surface area (Å²) in [6, 6.07) is 2.39. The van der Waals surface area contributed by atoms with E-state index in [0.29, 0.717) is 22.7 Å². The number of halogens is 3. The van der Waals surface area contributed by atoms with E-state index >= 15 is 0 Å². The summed E-state index contributed by atoms with van der Waals surface area (Å²) < 4.78 is 34.4. The number of methoxy groups -OCH3 is 1. The third kappa shape index (κ3) is 2.76. The van der Waals surface area contributed by atoms with Gasteiger partial charge in [-0.25, -0.2) is 18.7 Å². The van der Waals surface area contributed by atoms with E-state index in [1.165, 1.54) is 13.3 Å². The largest absolute Gasteiger partial charge is 0.496 e. The van der Waals surface area contributed by atoms with Gasteiger partial charge in [0.1, 0.15) is 21.7 Å². The molecule has 0 amide bonds. The van der Waals surface area contributed by atoms with Gasteiger partial charge in [-0.3, -0.25) is 4.40 Å². The maximum absolute atomic E-state index is 14.2. The molecule has 3 aromatic heterocycles. The van der Waals surface area contributed by atoms with Crippen LogP contribution in [0.5, 0.6) is 5.75 Å². The van der Waals surface area contributed by atoms with Gasteiger partial charge in [-0.05, 0) is 29.8 Å². The number of aromatic nitrogens is 3. The average molecular weight is 398 g/mol. The van der Waals surface area contributed by atoms with E-state index in [9.17, 15) is 13.9 Å². The molecule has 0 saturated heterocycles. The van der Waals surface area contributed by atoms with Crippen molar-refractivity contribution in [2.45, 2.75) is 19.4 Å². The van der Waals surface area contributed by atoms with Crippen LogP contribution >= 0.6 is 15.9 Å². The molecule has 0 bridgehead atoms. The lowest BCUT2D eigenvalue weighted by molar-refractivity contribution is 0.0752. The molecule has 24 heavy (non-hydrogen) atoms. The van der Waals surface area contributed by atoms with Crippen LogP contribution in [0.2, 0.25) is 0 Å². The van der Waals surface area contributed by atoms with Gasteiger partial charge in [0.2, 0.25) is 0 Å². The highest BCUT2D eigenvalue weighted by molar-refractivity contribution is 9.10. The fraction of sp³-hybridized carbons (Fsp3) is 0.250. The Morgan fingerprint density at radius 2 is 1.96 bits per heavy atom. The van der Waals surface area contributed by atoms with E-state index in [2.05, 4.69) is 25.9 Å². The quantitative estimate of drug-likeness (QED) is 0.684. The number of nitrogens with zero attached hydrogens (tertiary/aromatic N) is 3. The molecular weight excluding hydrogens is 384 g/mol. The number of hydrogen-bond donors (Lipinski definition) is 1. The van der Waals surface area contributed by atoms with E-state index in [0.717, 1.165) is 6.07 Å². The van der Waals surface area contributed by atoms with Gasteiger partial charge >= 0.3 is 0 Å². The number of fused-ring (bicyclic) bond motifs is 1. The van der Waals surface area contributed by atoms with Crippen LogP contribution in [0.15, 0.2) is 29.1 Å². The smallest absolute Gasteiger partial charge is 0.158 e. The monoisotopic (exact) mass is 397 g/mol. The number of hydrogen-bond acceptors (Lipinski definition) is 4. The maximum Gasteiger partial charge on any atom is 0.158 e. The minimum Gasteiger partial charge on any atom is -0.496 e. The highest BCUT2D eigenvalue weighted by Crippen LogP contribution is 2.33. The van der Waals surface area contributed by atoms with Crippen molar-refractivity contribution in [1.82, 2.24) is 14.4 Å². The molecule has 0 aliphatic carbocycles. The van der Waals surface area contributed by atoms with Crippen LogP contribution in [0.4, 0.5) is 8.78 Å². The van der Waals surface area contributed by atoms with E-state index in [4.69, 9.17) is 4.74 Å². The summed E-state index contributed by atoms with van der Waals surface area (Å²) in [5.74, 6) is -1.14. The lowest BCUT2D eigenvalue weighted by Gasteiger charge is -2.21. The van der Waals surface area contributed by atoms with Gasteiger partial charge in [-0.1, -0.05) is 0 Å². The zero-order valence-electron chi connectivity index (χ0n) is 13.1. The highest BCUT2D eigenvalue weighted by Gasteiger charge is 2.24. The van der Waals surface area contributed by atoms with Crippen molar-refractivity contribution >= 4 is 21.6 Å². The van der Waals surface area contributed by atoms with E-state index < -0.39 is 17.2 Å². The van der Waals surface area contributed by atoms with E-state index in [1.807, 2.05) is 0 Å². The Labute approximate surface area is 145 Å². The first-order chi connectivity index (χ1) is 11.2. The summed E-state index contributed by atoms with van der Waals surface area (Å²) in [6.45, 7) is 3.22. The summed E-state index contributed by atoms with van der Waals surface area (Å²) >= 11 is 2.96. The van der Waals surface area contributed by atoms with Crippen molar-refractivity contribution in [3.05, 3.63) is 46.3 Å². The highest BCUT2D eigenvalue weighted by atomic mass is 79.9. The van der Waals surface area contributed by atoms with Gasteiger partial charge in [-0.2, -0.15) is 0 Å². The van der Waals surface area contributed by atoms with Crippen LogP contribution in [-0.2, 0) is 5.60 Å². The molecule has 0 saturated carbocycles. The minimum atomic E-state index is -1.18. The third-order valence-electron chi connectivity index (χ3n) is 3.62. The molecule has 1 N–H and O–H groups in total. The van der Waals surface area contributed by atoms with Gasteiger partial charge in [-0.15, -0.1) is 0 Å². The molecule has 8 heteroatoms. The molecule has 0 aliphatic rings. The fourth-order valence-corrected chi connectivity index (χ4v) is 2.72. The molecule has 0 aromatic carbocycles. The molecule has 0 fully saturated rings. The van der Waals surface area contributed by atoms with E-state index in [-0.39, 0.29) is 10.3 Å². The average Bonchev–Trinajstić information content (AvgIpc) is 2.91. The minimum absolute atomic E-state index is 0.0531. The standard InChI is InChI=1S/C16H14BrF2N3O2/c1-16(2,23)8-7-22-11(6-20-13(22)5-12(8)24-3)14-9(18)4-10(19)15(17)21-14/h4-7,23H,1-3H3. The number of rotatable bonds is 3. The second kappa shape index (κ2) is 5.78. The summed E-state index contributed by atoms with van der Waals surface area (Å²) in [4.78, 5) is 8.12. The Hall–Kier alpha value is -2.06. The lowest BCUT2D eigenvalue weighted by Crippen LogP contribution is -2.17. The van der Waals surface area contributed by atoms with Crippen LogP contribution in [0.3, 0.4) is 0 Å². The molecule has 0 aliphatic heterocycles. The Morgan fingerprint density at radius 3 is 2.58 bits per heavy atom. The second-order valence-corrected chi connectivity index (χ2v) is 6.53. The zero-order valence-corrected chi connectivity index (χ0v) is 14.7. The molecular formula is C16H14BrF2N3O2. The van der Waals surface area contributed by atoms with Gasteiger partial charge in [0.05, 0.1) is 24.6 Å². The van der Waals surface area contributed by atoms with Crippen molar-refractivity contribution in [2.75, 3.05) is 7.11 Å². The van der Waals surface area contributed by atoms with Gasteiger partial charge < -0.3 is 9.84 Å². The lowest BCUT2D eigenvalue weighted by atomic mass is 9.99. The number of aliphatic hydroxyl groups is 1. The maximum atomic E-state index is 14.2. The Morgan fingerprint density at radius 1 is 1.25 bits per heavy atom. The third-order valence-corrected chi connectivity index (χ3v) is 4.17. The molecule has 5 nitrogen and oxygen atoms in total. The normalized spacial score (nSPS) is 12.0. The molecule has 0 unspecified atom stereocenters. The van der Waals surface area contributed by atoms with Crippen molar-refractivity contribution in [3.63, 3.8) is 0 Å². The van der Waals surface area contributed by atoms with Crippen LogP contribution < -0.4 is 4.74 Å². The van der Waals surface area contributed by atoms with Crippen LogP contribution in [-0.4, -0.2) is 26.6 Å². The molecule has 3 rings (SSSR count). The Kier molecular flexibility index (Phi) is 4.05. The van der Waals surface area contributed by atoms with Crippen molar-refractivity contribution in [3.8, 4) is 17.1 Å². The molecule has 0 radical (unpaired) electrons. The number of imidazole rings is 1. The second-order valence-electron chi connectivity index (χ2n) is 5.78. The summed E-state index contributed by atoms with van der Waals surface area (Å²) in [7, 11) is 1.49. The van der Waals surface area contributed by atoms with Gasteiger partial charge in [0, 0.05) is 23.9 Å². The van der Waals surface area contributed by atoms with Crippen LogP contribution in [0.1, 0.15) is 19.4 Å². The van der Waals surface area contributed by atoms with Crippen LogP contribution in [0, 0.1) is 11.6 Å². The topological polar surface area (TPSA) is 59.7 Å². The van der Waals surface area contributed by atoms with Crippen molar-refractivity contribution < 1.29 is 18.6 Å². The summed E-state index contributed by atoms with van der Waals surface area (Å²) in [5, 5.41) is 10.3. The molecule has 0 atom stereocenters. The predicted octanol–water partition coefficient (Wildman–Crippen LogP) is 3.67. The molecule has 3 heterocycles. The van der Waals surface area contributed by atoms with Crippen LogP contribution in [0.25, 0.3) is 17.0 Å². The van der Waals surface area contributed by atoms with Gasteiger partial charge in [0.15, 0.2) is 11.6 Å². The van der Waals surface area contributed by atoms with Crippen molar-refractivity contribution in [2.24, 2.45) is 0 Å². The first-order valence-electron chi connectivity index (χ1n) is 7.02. The summed E-state index contributed by atoms with van der Waals surface area (Å²) in [6.07, 6.45) is 3.04. The number of ether oxygens (including phenoxy) is 1. The molecule has 0 spiro atoms. The van der Waals surface area contributed by atoms with Crippen molar-refractivity contribution in [1.29, 1.82) is 0 Å². The summed E-state index contributed by atoms with van der Waals surface area (Å²) in [5.41, 5.74) is 0.0741. The molecule has 3 aromatic rings. The Balaban J connectivity index is 2.30.